The molecule has 0 radical (unpaired) electrons. The van der Waals surface area contributed by atoms with Crippen molar-refractivity contribution in [3.05, 3.63) is 35.9 Å². The van der Waals surface area contributed by atoms with Crippen LogP contribution in [-0.4, -0.2) is 30.5 Å². The van der Waals surface area contributed by atoms with Crippen molar-refractivity contribution < 1.29 is 18.3 Å². The van der Waals surface area contributed by atoms with E-state index in [1.54, 1.807) is 24.3 Å². The summed E-state index contributed by atoms with van der Waals surface area (Å²) in [4.78, 5) is 11.3. The molecule has 1 rings (SSSR count). The van der Waals surface area contributed by atoms with Crippen LogP contribution in [0.1, 0.15) is 51.0 Å². The molecule has 0 saturated heterocycles. The molecule has 22 heavy (non-hydrogen) atoms. The maximum Gasteiger partial charge on any atom is 0.322 e. The van der Waals surface area contributed by atoms with Crippen molar-refractivity contribution >= 4 is 15.8 Å². The molecule has 5 heteroatoms. The Morgan fingerprint density at radius 3 is 2.23 bits per heavy atom. The Morgan fingerprint density at radius 2 is 1.64 bits per heavy atom. The van der Waals surface area contributed by atoms with Gasteiger partial charge in [-0.25, -0.2) is 8.42 Å². The van der Waals surface area contributed by atoms with Gasteiger partial charge in [0, 0.05) is 0 Å². The Bertz CT molecular complexity index is 537. The maximum atomic E-state index is 12.3. The van der Waals surface area contributed by atoms with Gasteiger partial charge in [-0.1, -0.05) is 69.4 Å². The molecule has 1 unspecified atom stereocenters. The molecule has 0 aromatic heterocycles. The standard InChI is InChI=1S/C17H26O4S/c1-2-3-4-5-6-10-13-22(20,21)16(17(18)19)14-15-11-8-7-9-12-15/h7-9,11-12,16H,2-6,10,13-14H2,1H3,(H,18,19). The Balaban J connectivity index is 2.56. The highest BCUT2D eigenvalue weighted by molar-refractivity contribution is 7.92. The molecule has 0 heterocycles. The van der Waals surface area contributed by atoms with E-state index in [9.17, 15) is 18.3 Å². The van der Waals surface area contributed by atoms with E-state index < -0.39 is 21.1 Å². The van der Waals surface area contributed by atoms with E-state index in [1.807, 2.05) is 6.07 Å². The Kier molecular flexibility index (Phi) is 8.17. The molecule has 1 aromatic rings. The third-order valence-corrected chi connectivity index (χ3v) is 5.85. The Labute approximate surface area is 133 Å². The minimum absolute atomic E-state index is 0.0361. The maximum absolute atomic E-state index is 12.3. The van der Waals surface area contributed by atoms with Crippen LogP contribution in [0, 0.1) is 0 Å². The molecular formula is C17H26O4S. The topological polar surface area (TPSA) is 71.4 Å². The van der Waals surface area contributed by atoms with Crippen molar-refractivity contribution in [2.24, 2.45) is 0 Å². The fraction of sp³-hybridized carbons (Fsp3) is 0.588. The molecule has 1 atom stereocenters. The van der Waals surface area contributed by atoms with Gasteiger partial charge >= 0.3 is 5.97 Å². The quantitative estimate of drug-likeness (QED) is 0.632. The van der Waals surface area contributed by atoms with E-state index in [0.29, 0.717) is 6.42 Å². The van der Waals surface area contributed by atoms with E-state index in [-0.39, 0.29) is 12.2 Å². The highest BCUT2D eigenvalue weighted by Crippen LogP contribution is 2.14. The molecule has 124 valence electrons. The van der Waals surface area contributed by atoms with Crippen molar-refractivity contribution in [3.8, 4) is 0 Å². The summed E-state index contributed by atoms with van der Waals surface area (Å²) in [6, 6.07) is 8.92. The normalized spacial score (nSPS) is 13.0. The second kappa shape index (κ2) is 9.62. The lowest BCUT2D eigenvalue weighted by Gasteiger charge is -2.13. The summed E-state index contributed by atoms with van der Waals surface area (Å²) in [6.07, 6.45) is 5.87. The largest absolute Gasteiger partial charge is 0.480 e. The molecule has 0 aliphatic heterocycles. The fourth-order valence-electron chi connectivity index (χ4n) is 2.42. The minimum Gasteiger partial charge on any atom is -0.480 e. The van der Waals surface area contributed by atoms with Crippen LogP contribution in [0.15, 0.2) is 30.3 Å². The van der Waals surface area contributed by atoms with Crippen LogP contribution in [0.25, 0.3) is 0 Å². The fourth-order valence-corrected chi connectivity index (χ4v) is 4.07. The van der Waals surface area contributed by atoms with E-state index in [1.165, 1.54) is 6.42 Å². The van der Waals surface area contributed by atoms with Crippen molar-refractivity contribution in [3.63, 3.8) is 0 Å². The molecule has 0 aliphatic rings. The molecule has 4 nitrogen and oxygen atoms in total. The van der Waals surface area contributed by atoms with Crippen molar-refractivity contribution in [2.75, 3.05) is 5.75 Å². The van der Waals surface area contributed by atoms with Gasteiger partial charge in [0.25, 0.3) is 0 Å². The third kappa shape index (κ3) is 6.60. The number of aliphatic carboxylic acids is 1. The van der Waals surface area contributed by atoms with Crippen LogP contribution in [0.2, 0.25) is 0 Å². The monoisotopic (exact) mass is 326 g/mol. The van der Waals surface area contributed by atoms with Gasteiger partial charge in [-0.3, -0.25) is 4.79 Å². The second-order valence-corrected chi connectivity index (χ2v) is 7.95. The second-order valence-electron chi connectivity index (χ2n) is 5.65. The lowest BCUT2D eigenvalue weighted by molar-refractivity contribution is -0.136. The first-order chi connectivity index (χ1) is 10.5. The number of rotatable bonds is 11. The van der Waals surface area contributed by atoms with E-state index in [2.05, 4.69) is 6.92 Å². The van der Waals surface area contributed by atoms with Crippen LogP contribution in [0.3, 0.4) is 0 Å². The predicted molar refractivity (Wildman–Crippen MR) is 88.7 cm³/mol. The SMILES string of the molecule is CCCCCCCCS(=O)(=O)C(Cc1ccccc1)C(=O)O. The molecule has 0 amide bonds. The number of hydrogen-bond donors (Lipinski definition) is 1. The number of carbonyl (C=O) groups is 1. The molecule has 0 bridgehead atoms. The lowest BCUT2D eigenvalue weighted by atomic mass is 10.1. The van der Waals surface area contributed by atoms with Gasteiger partial charge in [-0.2, -0.15) is 0 Å². The molecule has 0 aliphatic carbocycles. The van der Waals surface area contributed by atoms with Crippen LogP contribution in [0.4, 0.5) is 0 Å². The number of benzene rings is 1. The van der Waals surface area contributed by atoms with Gasteiger partial charge in [0.15, 0.2) is 15.1 Å². The van der Waals surface area contributed by atoms with Gasteiger partial charge in [0.05, 0.1) is 5.75 Å². The summed E-state index contributed by atoms with van der Waals surface area (Å²) in [6.45, 7) is 2.13. The highest BCUT2D eigenvalue weighted by Gasteiger charge is 2.31. The van der Waals surface area contributed by atoms with Gasteiger partial charge in [0.2, 0.25) is 0 Å². The summed E-state index contributed by atoms with van der Waals surface area (Å²) < 4.78 is 24.6. The van der Waals surface area contributed by atoms with Crippen LogP contribution in [-0.2, 0) is 21.1 Å². The summed E-state index contributed by atoms with van der Waals surface area (Å²) in [5.74, 6) is -1.29. The van der Waals surface area contributed by atoms with Gasteiger partial charge in [-0.15, -0.1) is 0 Å². The zero-order chi connectivity index (χ0) is 16.4. The summed E-state index contributed by atoms with van der Waals surface area (Å²) in [7, 11) is -3.61. The van der Waals surface area contributed by atoms with Crippen LogP contribution < -0.4 is 0 Å². The average Bonchev–Trinajstić information content (AvgIpc) is 2.49. The number of carboxylic acids is 1. The molecule has 1 aromatic carbocycles. The zero-order valence-electron chi connectivity index (χ0n) is 13.2. The lowest BCUT2D eigenvalue weighted by Crippen LogP contribution is -2.34. The van der Waals surface area contributed by atoms with E-state index >= 15 is 0 Å². The summed E-state index contributed by atoms with van der Waals surface area (Å²) >= 11 is 0. The van der Waals surface area contributed by atoms with E-state index in [0.717, 1.165) is 31.2 Å². The number of unbranched alkanes of at least 4 members (excludes halogenated alkanes) is 5. The van der Waals surface area contributed by atoms with Crippen molar-refractivity contribution in [1.82, 2.24) is 0 Å². The summed E-state index contributed by atoms with van der Waals surface area (Å²) in [5.41, 5.74) is 0.737. The van der Waals surface area contributed by atoms with Gasteiger partial charge in [0.1, 0.15) is 0 Å². The number of sulfone groups is 1. The zero-order valence-corrected chi connectivity index (χ0v) is 14.0. The molecule has 0 fully saturated rings. The first-order valence-electron chi connectivity index (χ1n) is 7.95. The number of hydrogen-bond acceptors (Lipinski definition) is 3. The van der Waals surface area contributed by atoms with Crippen molar-refractivity contribution in [2.45, 2.75) is 57.1 Å². The molecule has 0 spiro atoms. The molecule has 1 N–H and O–H groups in total. The molecular weight excluding hydrogens is 300 g/mol. The van der Waals surface area contributed by atoms with Crippen molar-refractivity contribution in [1.29, 1.82) is 0 Å². The highest BCUT2D eigenvalue weighted by atomic mass is 32.2. The summed E-state index contributed by atoms with van der Waals surface area (Å²) in [5, 5.41) is 7.92. The first-order valence-corrected chi connectivity index (χ1v) is 9.67. The smallest absolute Gasteiger partial charge is 0.322 e. The van der Waals surface area contributed by atoms with E-state index in [4.69, 9.17) is 0 Å². The average molecular weight is 326 g/mol. The molecule has 0 saturated carbocycles. The Hall–Kier alpha value is -1.36. The predicted octanol–water partition coefficient (Wildman–Crippen LogP) is 3.46. The van der Waals surface area contributed by atoms with Crippen LogP contribution >= 0.6 is 0 Å². The number of carboxylic acid groups (broad SMARTS) is 1. The first kappa shape index (κ1) is 18.7. The van der Waals surface area contributed by atoms with Crippen LogP contribution in [0.5, 0.6) is 0 Å². The van der Waals surface area contributed by atoms with Gasteiger partial charge in [-0.05, 0) is 18.4 Å². The minimum atomic E-state index is -3.61. The van der Waals surface area contributed by atoms with Gasteiger partial charge < -0.3 is 5.11 Å². The third-order valence-electron chi connectivity index (χ3n) is 3.76. The Morgan fingerprint density at radius 1 is 1.05 bits per heavy atom.